The second-order valence-corrected chi connectivity index (χ2v) is 10.9. The normalized spacial score (nSPS) is 18.3. The monoisotopic (exact) mass is 629 g/mol. The first-order chi connectivity index (χ1) is 21.6. The Kier molecular flexibility index (Phi) is 9.86. The van der Waals surface area contributed by atoms with Gasteiger partial charge in [-0.2, -0.15) is 13.2 Å². The van der Waals surface area contributed by atoms with E-state index in [2.05, 4.69) is 15.2 Å². The van der Waals surface area contributed by atoms with Gasteiger partial charge in [-0.3, -0.25) is 4.90 Å². The molecule has 45 heavy (non-hydrogen) atoms. The van der Waals surface area contributed by atoms with Crippen molar-refractivity contribution in [1.82, 2.24) is 9.97 Å². The quantitative estimate of drug-likeness (QED) is 0.295. The molecule has 1 saturated heterocycles. The number of fused-ring (bicyclic) bond motifs is 1. The van der Waals surface area contributed by atoms with Gasteiger partial charge in [0.25, 0.3) is 0 Å². The van der Waals surface area contributed by atoms with Gasteiger partial charge in [0, 0.05) is 31.6 Å². The molecule has 2 aliphatic heterocycles. The van der Waals surface area contributed by atoms with E-state index in [1.807, 2.05) is 19.1 Å². The van der Waals surface area contributed by atoms with Crippen molar-refractivity contribution in [3.05, 3.63) is 65.0 Å². The summed E-state index contributed by atoms with van der Waals surface area (Å²) < 4.78 is 63.3. The number of amides is 1. The molecule has 1 N–H and O–H groups in total. The smallest absolute Gasteiger partial charge is 0.416 e. The zero-order valence-corrected chi connectivity index (χ0v) is 25.8. The number of halogens is 3. The second-order valence-electron chi connectivity index (χ2n) is 10.9. The lowest BCUT2D eigenvalue weighted by atomic mass is 9.89. The van der Waals surface area contributed by atoms with Gasteiger partial charge in [-0.1, -0.05) is 6.92 Å². The van der Waals surface area contributed by atoms with Gasteiger partial charge in [-0.25, -0.2) is 14.8 Å². The molecule has 0 radical (unpaired) electrons. The highest BCUT2D eigenvalue weighted by Gasteiger charge is 2.39. The van der Waals surface area contributed by atoms with E-state index in [0.717, 1.165) is 29.1 Å². The number of alkyl halides is 3. The molecule has 0 bridgehead atoms. The van der Waals surface area contributed by atoms with Crippen molar-refractivity contribution < 1.29 is 36.9 Å². The zero-order valence-electron chi connectivity index (χ0n) is 25.8. The van der Waals surface area contributed by atoms with E-state index >= 15 is 0 Å². The van der Waals surface area contributed by atoms with E-state index in [0.29, 0.717) is 68.3 Å². The Morgan fingerprint density at radius 1 is 1.04 bits per heavy atom. The van der Waals surface area contributed by atoms with Crippen LogP contribution in [0.3, 0.4) is 0 Å². The number of aromatic nitrogens is 2. The SMILES string of the molecule is CCOC(=O)N1c2ccc(C(F)(F)F)cc2[C@@H](Nc2ncc(N3CCOCC3)c(Cc3cc(OC)cc(OC)c3)n2)C[C@H]1CC. The summed E-state index contributed by atoms with van der Waals surface area (Å²) in [7, 11) is 3.17. The number of hydrogen-bond donors (Lipinski definition) is 1. The van der Waals surface area contributed by atoms with Gasteiger partial charge in [-0.15, -0.1) is 0 Å². The zero-order chi connectivity index (χ0) is 32.1. The first kappa shape index (κ1) is 32.1. The molecular formula is C32H38F3N5O5. The van der Waals surface area contributed by atoms with Crippen LogP contribution in [0.1, 0.15) is 55.1 Å². The molecule has 2 atom stereocenters. The molecule has 0 unspecified atom stereocenters. The van der Waals surface area contributed by atoms with Crippen LogP contribution in [-0.4, -0.2) is 69.2 Å². The first-order valence-electron chi connectivity index (χ1n) is 15.0. The number of anilines is 3. The predicted octanol–water partition coefficient (Wildman–Crippen LogP) is 6.24. The van der Waals surface area contributed by atoms with Crippen LogP contribution in [0.5, 0.6) is 11.5 Å². The Balaban J connectivity index is 1.54. The maximum absolute atomic E-state index is 13.8. The number of morpholine rings is 1. The molecule has 1 fully saturated rings. The average molecular weight is 630 g/mol. The Bertz CT molecular complexity index is 1480. The third-order valence-corrected chi connectivity index (χ3v) is 8.08. The third-order valence-electron chi connectivity index (χ3n) is 8.08. The van der Waals surface area contributed by atoms with Crippen LogP contribution in [0.2, 0.25) is 0 Å². The number of hydrogen-bond acceptors (Lipinski definition) is 9. The molecule has 3 heterocycles. The van der Waals surface area contributed by atoms with Gasteiger partial charge >= 0.3 is 12.3 Å². The number of rotatable bonds is 9. The van der Waals surface area contributed by atoms with Crippen molar-refractivity contribution in [1.29, 1.82) is 0 Å². The predicted molar refractivity (Wildman–Crippen MR) is 163 cm³/mol. The molecule has 2 aliphatic rings. The first-order valence-corrected chi connectivity index (χ1v) is 15.0. The fourth-order valence-corrected chi connectivity index (χ4v) is 5.85. The third kappa shape index (κ3) is 7.19. The average Bonchev–Trinajstić information content (AvgIpc) is 3.04. The molecule has 5 rings (SSSR count). The van der Waals surface area contributed by atoms with E-state index in [1.54, 1.807) is 33.4 Å². The number of carbonyl (C=O) groups excluding carboxylic acids is 1. The Morgan fingerprint density at radius 2 is 1.76 bits per heavy atom. The van der Waals surface area contributed by atoms with Crippen molar-refractivity contribution >= 4 is 23.4 Å². The lowest BCUT2D eigenvalue weighted by Gasteiger charge is -2.40. The fraction of sp³-hybridized carbons (Fsp3) is 0.469. The van der Waals surface area contributed by atoms with Crippen LogP contribution in [0.4, 0.5) is 35.3 Å². The van der Waals surface area contributed by atoms with Gasteiger partial charge in [0.15, 0.2) is 0 Å². The molecule has 242 valence electrons. The van der Waals surface area contributed by atoms with Crippen LogP contribution in [0.15, 0.2) is 42.6 Å². The standard InChI is InChI=1S/C32H38F3N5O5/c1-5-22-17-26(25-16-21(32(33,34)35)7-8-28(25)40(22)31(41)45-6-2)37-30-36-19-29(39-9-11-44-12-10-39)27(38-30)15-20-13-23(42-3)18-24(14-20)43-4/h7-8,13-14,16,18-19,22,26H,5-6,9-12,15,17H2,1-4H3,(H,36,37,38)/t22-,26+/m1/s1. The van der Waals surface area contributed by atoms with E-state index < -0.39 is 23.9 Å². The molecule has 0 spiro atoms. The van der Waals surface area contributed by atoms with Crippen LogP contribution < -0.4 is 24.6 Å². The Hall–Kier alpha value is -4.26. The largest absolute Gasteiger partial charge is 0.497 e. The number of nitrogens with one attached hydrogen (secondary N) is 1. The van der Waals surface area contributed by atoms with Gasteiger partial charge in [0.05, 0.1) is 68.9 Å². The summed E-state index contributed by atoms with van der Waals surface area (Å²) >= 11 is 0. The molecule has 1 aromatic heterocycles. The highest BCUT2D eigenvalue weighted by Crippen LogP contribution is 2.43. The van der Waals surface area contributed by atoms with Crippen molar-refractivity contribution in [2.24, 2.45) is 0 Å². The van der Waals surface area contributed by atoms with Crippen LogP contribution in [0, 0.1) is 0 Å². The topological polar surface area (TPSA) is 98.3 Å². The molecule has 2 aromatic carbocycles. The van der Waals surface area contributed by atoms with E-state index in [9.17, 15) is 18.0 Å². The van der Waals surface area contributed by atoms with Gasteiger partial charge in [0.1, 0.15) is 11.5 Å². The van der Waals surface area contributed by atoms with Crippen molar-refractivity contribution in [2.75, 3.05) is 62.2 Å². The summed E-state index contributed by atoms with van der Waals surface area (Å²) in [5.41, 5.74) is 2.36. The lowest BCUT2D eigenvalue weighted by Crippen LogP contribution is -2.46. The van der Waals surface area contributed by atoms with Crippen LogP contribution in [0.25, 0.3) is 0 Å². The second kappa shape index (κ2) is 13.8. The number of benzene rings is 2. The maximum Gasteiger partial charge on any atom is 0.416 e. The molecule has 3 aromatic rings. The number of nitrogens with zero attached hydrogens (tertiary/aromatic N) is 4. The highest BCUT2D eigenvalue weighted by molar-refractivity contribution is 5.90. The number of methoxy groups -OCH3 is 2. The van der Waals surface area contributed by atoms with Crippen molar-refractivity contribution in [2.45, 2.75) is 51.4 Å². The van der Waals surface area contributed by atoms with Crippen LogP contribution >= 0.6 is 0 Å². The van der Waals surface area contributed by atoms with Gasteiger partial charge < -0.3 is 29.2 Å². The lowest BCUT2D eigenvalue weighted by molar-refractivity contribution is -0.137. The molecule has 0 aliphatic carbocycles. The van der Waals surface area contributed by atoms with E-state index in [1.165, 1.54) is 11.0 Å². The Labute approximate surface area is 260 Å². The van der Waals surface area contributed by atoms with Gasteiger partial charge in [-0.05, 0) is 61.2 Å². The maximum atomic E-state index is 13.8. The molecule has 1 amide bonds. The summed E-state index contributed by atoms with van der Waals surface area (Å²) in [6, 6.07) is 8.12. The van der Waals surface area contributed by atoms with E-state index in [4.69, 9.17) is 23.9 Å². The van der Waals surface area contributed by atoms with Crippen molar-refractivity contribution in [3.8, 4) is 11.5 Å². The summed E-state index contributed by atoms with van der Waals surface area (Å²) in [6.45, 7) is 6.25. The number of ether oxygens (including phenoxy) is 4. The highest BCUT2D eigenvalue weighted by atomic mass is 19.4. The minimum atomic E-state index is -4.56. The Morgan fingerprint density at radius 3 is 2.38 bits per heavy atom. The minimum Gasteiger partial charge on any atom is -0.497 e. The fourth-order valence-electron chi connectivity index (χ4n) is 5.85. The molecule has 0 saturated carbocycles. The van der Waals surface area contributed by atoms with Crippen molar-refractivity contribution in [3.63, 3.8) is 0 Å². The summed E-state index contributed by atoms with van der Waals surface area (Å²) in [5.74, 6) is 1.55. The molecular weight excluding hydrogens is 591 g/mol. The minimum absolute atomic E-state index is 0.148. The number of carbonyl (C=O) groups is 1. The summed E-state index contributed by atoms with van der Waals surface area (Å²) in [6.07, 6.45) is -2.09. The van der Waals surface area contributed by atoms with E-state index in [-0.39, 0.29) is 18.6 Å². The summed E-state index contributed by atoms with van der Waals surface area (Å²) in [5, 5.41) is 3.31. The molecule has 10 nitrogen and oxygen atoms in total. The molecule has 13 heteroatoms. The van der Waals surface area contributed by atoms with Crippen LogP contribution in [-0.2, 0) is 22.1 Å². The van der Waals surface area contributed by atoms with Gasteiger partial charge in [0.2, 0.25) is 5.95 Å². The summed E-state index contributed by atoms with van der Waals surface area (Å²) in [4.78, 5) is 26.1.